The number of aldehydes is 1. The molecule has 0 heterocycles. The van der Waals surface area contributed by atoms with Gasteiger partial charge in [0.05, 0.1) is 0 Å². The molecule has 0 unspecified atom stereocenters. The summed E-state index contributed by atoms with van der Waals surface area (Å²) in [5.74, 6) is 0. The van der Waals surface area contributed by atoms with E-state index in [4.69, 9.17) is 6.58 Å². The van der Waals surface area contributed by atoms with Crippen LogP contribution in [0, 0.1) is 6.58 Å². The average Bonchev–Trinajstić information content (AvgIpc) is 1.83. The molecule has 42 valence electrons. The summed E-state index contributed by atoms with van der Waals surface area (Å²) < 4.78 is 0.756. The quantitative estimate of drug-likeness (QED) is 0.416. The molecule has 0 N–H and O–H groups in total. The summed E-state index contributed by atoms with van der Waals surface area (Å²) in [7, 11) is 0. The maximum absolute atomic E-state index is 9.89. The van der Waals surface area contributed by atoms with Crippen molar-refractivity contribution < 1.29 is 24.1 Å². The Morgan fingerprint density at radius 1 is 1.62 bits per heavy atom. The van der Waals surface area contributed by atoms with Gasteiger partial charge >= 0.3 is 59.1 Å². The first-order valence-electron chi connectivity index (χ1n) is 2.02. The van der Waals surface area contributed by atoms with Gasteiger partial charge < -0.3 is 0 Å². The maximum atomic E-state index is 9.89. The summed E-state index contributed by atoms with van der Waals surface area (Å²) in [5, 5.41) is 0. The van der Waals surface area contributed by atoms with Crippen molar-refractivity contribution >= 4 is 10.2 Å². The predicted octanol–water partition coefficient (Wildman–Crippen LogP) is 0.450. The number of rotatable bonds is 3. The zero-order valence-electron chi connectivity index (χ0n) is 4.20. The molecule has 0 bridgehead atoms. The second-order valence-corrected chi connectivity index (χ2v) is 2.77. The number of hydrogen-bond donors (Lipinski definition) is 0. The molecular formula is C6H5OW-. The van der Waals surface area contributed by atoms with E-state index >= 15 is 0 Å². The minimum absolute atomic E-state index is 0.756. The van der Waals surface area contributed by atoms with Gasteiger partial charge in [0.15, 0.2) is 0 Å². The fourth-order valence-corrected chi connectivity index (χ4v) is 0.472. The van der Waals surface area contributed by atoms with Gasteiger partial charge in [-0.1, -0.05) is 0 Å². The van der Waals surface area contributed by atoms with Crippen LogP contribution in [-0.4, -0.2) is 10.2 Å². The van der Waals surface area contributed by atoms with Gasteiger partial charge in [-0.3, -0.25) is 0 Å². The van der Waals surface area contributed by atoms with E-state index < -0.39 is 0 Å². The topological polar surface area (TPSA) is 17.1 Å². The Balaban J connectivity index is 3.69. The van der Waals surface area contributed by atoms with Crippen LogP contribution in [0.5, 0.6) is 0 Å². The summed E-state index contributed by atoms with van der Waals surface area (Å²) in [5.41, 5.74) is 0. The molecule has 0 saturated heterocycles. The van der Waals surface area contributed by atoms with Crippen LogP contribution >= 0.6 is 0 Å². The number of hydrogen-bond acceptors (Lipinski definition) is 1. The van der Waals surface area contributed by atoms with Crippen molar-refractivity contribution in [3.8, 4) is 0 Å². The molecule has 8 heavy (non-hydrogen) atoms. The summed E-state index contributed by atoms with van der Waals surface area (Å²) >= 11 is 1.16. The van der Waals surface area contributed by atoms with Crippen LogP contribution in [0.4, 0.5) is 0 Å². The summed E-state index contributed by atoms with van der Waals surface area (Å²) in [6.07, 6.45) is 5.53. The summed E-state index contributed by atoms with van der Waals surface area (Å²) in [6.45, 7) is 5.00. The fraction of sp³-hybridized carbons (Fsp3) is 0. The second-order valence-electron chi connectivity index (χ2n) is 1.07. The SMILES string of the molecule is [CH-]=C/C=C\[C](=[W])C=O. The minimum atomic E-state index is 0.756. The van der Waals surface area contributed by atoms with E-state index in [0.717, 1.165) is 29.5 Å². The summed E-state index contributed by atoms with van der Waals surface area (Å²) in [4.78, 5) is 9.89. The molecule has 0 aromatic rings. The monoisotopic (exact) mass is 277 g/mol. The van der Waals surface area contributed by atoms with Crippen LogP contribution in [0.3, 0.4) is 0 Å². The molecule has 0 atom stereocenters. The molecule has 0 aliphatic carbocycles. The molecule has 0 fully saturated rings. The molecule has 0 aromatic heterocycles. The van der Waals surface area contributed by atoms with Crippen LogP contribution in [0.15, 0.2) is 18.2 Å². The molecule has 0 aromatic carbocycles. The van der Waals surface area contributed by atoms with E-state index in [1.807, 2.05) is 0 Å². The Labute approximate surface area is 59.5 Å². The number of carbonyl (C=O) groups is 1. The van der Waals surface area contributed by atoms with E-state index in [1.54, 1.807) is 12.2 Å². The normalized spacial score (nSPS) is 9.00. The Hall–Kier alpha value is -0.292. The molecule has 1 nitrogen and oxygen atoms in total. The third-order valence-electron chi connectivity index (χ3n) is 0.488. The molecule has 2 heteroatoms. The van der Waals surface area contributed by atoms with Crippen molar-refractivity contribution in [1.29, 1.82) is 0 Å². The van der Waals surface area contributed by atoms with Gasteiger partial charge in [-0.2, -0.15) is 0 Å². The Kier molecular flexibility index (Phi) is 4.68. The van der Waals surface area contributed by atoms with E-state index in [0.29, 0.717) is 0 Å². The zero-order valence-corrected chi connectivity index (χ0v) is 7.14. The van der Waals surface area contributed by atoms with Crippen molar-refractivity contribution in [2.45, 2.75) is 0 Å². The first-order valence-corrected chi connectivity index (χ1v) is 3.48. The molecule has 0 aliphatic heterocycles. The Bertz CT molecular complexity index is 135. The third-order valence-corrected chi connectivity index (χ3v) is 1.32. The van der Waals surface area contributed by atoms with Gasteiger partial charge in [-0.25, -0.2) is 0 Å². The Morgan fingerprint density at radius 3 is 2.62 bits per heavy atom. The van der Waals surface area contributed by atoms with Crippen molar-refractivity contribution in [2.75, 3.05) is 0 Å². The van der Waals surface area contributed by atoms with E-state index in [1.165, 1.54) is 6.08 Å². The molecule has 0 aliphatic rings. The second kappa shape index (κ2) is 4.86. The van der Waals surface area contributed by atoms with Crippen molar-refractivity contribution in [3.05, 3.63) is 24.8 Å². The molecule has 0 radical (unpaired) electrons. The average molecular weight is 277 g/mol. The van der Waals surface area contributed by atoms with E-state index in [2.05, 4.69) is 0 Å². The predicted molar refractivity (Wildman–Crippen MR) is 29.1 cm³/mol. The third kappa shape index (κ3) is 3.88. The van der Waals surface area contributed by atoms with Crippen molar-refractivity contribution in [2.24, 2.45) is 0 Å². The van der Waals surface area contributed by atoms with Crippen molar-refractivity contribution in [3.63, 3.8) is 0 Å². The van der Waals surface area contributed by atoms with Crippen LogP contribution in [0.25, 0.3) is 0 Å². The van der Waals surface area contributed by atoms with Crippen LogP contribution in [0.2, 0.25) is 0 Å². The first-order chi connectivity index (χ1) is 3.81. The molecule has 0 spiro atoms. The zero-order chi connectivity index (χ0) is 6.41. The molecule has 0 saturated carbocycles. The van der Waals surface area contributed by atoms with Gasteiger partial charge in [-0.05, 0) is 0 Å². The fourth-order valence-electron chi connectivity index (χ4n) is 0.190. The van der Waals surface area contributed by atoms with Gasteiger partial charge in [0.2, 0.25) is 0 Å². The van der Waals surface area contributed by atoms with E-state index in [-0.39, 0.29) is 0 Å². The molecule has 0 amide bonds. The molecular weight excluding hydrogens is 272 g/mol. The Morgan fingerprint density at radius 2 is 2.25 bits per heavy atom. The van der Waals surface area contributed by atoms with Crippen LogP contribution in [0.1, 0.15) is 0 Å². The number of carbonyl (C=O) groups excluding carboxylic acids is 1. The first kappa shape index (κ1) is 7.71. The number of allylic oxidation sites excluding steroid dienone is 3. The van der Waals surface area contributed by atoms with Gasteiger partial charge in [0.1, 0.15) is 0 Å². The standard InChI is InChI=1S/C6H5O.W/c1-2-3-4-5-6-7;/h1-4,6H;/q-1;/b4-3-;. The van der Waals surface area contributed by atoms with Gasteiger partial charge in [-0.15, -0.1) is 0 Å². The van der Waals surface area contributed by atoms with Gasteiger partial charge in [0, 0.05) is 0 Å². The van der Waals surface area contributed by atoms with Gasteiger partial charge in [0.25, 0.3) is 0 Å². The molecule has 0 rings (SSSR count). The van der Waals surface area contributed by atoms with E-state index in [9.17, 15) is 4.79 Å². The van der Waals surface area contributed by atoms with Crippen molar-refractivity contribution in [1.82, 2.24) is 0 Å². The van der Waals surface area contributed by atoms with Crippen LogP contribution in [-0.2, 0) is 24.1 Å². The summed E-state index contributed by atoms with van der Waals surface area (Å²) in [6, 6.07) is 0. The van der Waals surface area contributed by atoms with Crippen LogP contribution < -0.4 is 0 Å².